The number of nitrogens with zero attached hydrogens (tertiary/aromatic N) is 1. The second kappa shape index (κ2) is 12.2. The number of furan rings is 1. The van der Waals surface area contributed by atoms with Gasteiger partial charge in [0, 0.05) is 13.1 Å². The van der Waals surface area contributed by atoms with Gasteiger partial charge in [-0.25, -0.2) is 0 Å². The van der Waals surface area contributed by atoms with Crippen molar-refractivity contribution < 1.29 is 9.21 Å². The highest BCUT2D eigenvalue weighted by atomic mass is 127. The quantitative estimate of drug-likeness (QED) is 0.333. The summed E-state index contributed by atoms with van der Waals surface area (Å²) in [5.41, 5.74) is 0. The lowest BCUT2D eigenvalue weighted by atomic mass is 10.0. The van der Waals surface area contributed by atoms with Crippen LogP contribution in [0.4, 0.5) is 0 Å². The van der Waals surface area contributed by atoms with Crippen LogP contribution in [0.5, 0.6) is 0 Å². The van der Waals surface area contributed by atoms with Gasteiger partial charge >= 0.3 is 0 Å². The molecule has 1 rings (SSSR count). The Morgan fingerprint density at radius 2 is 2.00 bits per heavy atom. The van der Waals surface area contributed by atoms with E-state index in [4.69, 9.17) is 4.42 Å². The topological polar surface area (TPSA) is 78.7 Å². The number of hydrogen-bond donors (Lipinski definition) is 3. The number of guanidine groups is 1. The predicted octanol–water partition coefficient (Wildman–Crippen LogP) is 2.50. The minimum Gasteiger partial charge on any atom is -0.467 e. The molecule has 7 heteroatoms. The van der Waals surface area contributed by atoms with E-state index in [0.29, 0.717) is 24.5 Å². The third-order valence-corrected chi connectivity index (χ3v) is 3.24. The van der Waals surface area contributed by atoms with Gasteiger partial charge in [-0.05, 0) is 37.8 Å². The fourth-order valence-corrected chi connectivity index (χ4v) is 1.91. The standard InChI is InChI=1S/C16H28N4O2.HI/c1-12(2)7-8-13(3)20-16(17-4)19-11-15(21)18-10-14-6-5-9-22-14;/h5-6,9,12-13H,7-8,10-11H2,1-4H3,(H,18,21)(H2,17,19,20);1H. The highest BCUT2D eigenvalue weighted by Crippen LogP contribution is 2.06. The van der Waals surface area contributed by atoms with Crippen LogP contribution in [0.3, 0.4) is 0 Å². The number of nitrogens with one attached hydrogen (secondary N) is 3. The number of carbonyl (C=O) groups excluding carboxylic acids is 1. The Morgan fingerprint density at radius 3 is 2.57 bits per heavy atom. The Hall–Kier alpha value is -1.25. The van der Waals surface area contributed by atoms with E-state index in [1.165, 1.54) is 0 Å². The number of rotatable bonds is 8. The molecule has 1 atom stereocenters. The first kappa shape index (κ1) is 21.8. The molecule has 0 fully saturated rings. The zero-order chi connectivity index (χ0) is 16.4. The first-order valence-electron chi connectivity index (χ1n) is 7.77. The molecule has 1 aromatic rings. The Balaban J connectivity index is 0.00000484. The number of aliphatic imine (C=N–C) groups is 1. The zero-order valence-electron chi connectivity index (χ0n) is 14.4. The van der Waals surface area contributed by atoms with Crippen molar-refractivity contribution in [3.63, 3.8) is 0 Å². The molecule has 0 aliphatic rings. The first-order chi connectivity index (χ1) is 10.5. The van der Waals surface area contributed by atoms with Crippen molar-refractivity contribution in [1.82, 2.24) is 16.0 Å². The number of halogens is 1. The Kier molecular flexibility index (Phi) is 11.5. The van der Waals surface area contributed by atoms with Crippen LogP contribution in [0.25, 0.3) is 0 Å². The average molecular weight is 436 g/mol. The molecule has 0 spiro atoms. The van der Waals surface area contributed by atoms with Crippen LogP contribution < -0.4 is 16.0 Å². The van der Waals surface area contributed by atoms with E-state index in [1.807, 2.05) is 6.07 Å². The van der Waals surface area contributed by atoms with Crippen LogP contribution in [0.15, 0.2) is 27.8 Å². The molecule has 132 valence electrons. The summed E-state index contributed by atoms with van der Waals surface area (Å²) in [6.07, 6.45) is 3.82. The predicted molar refractivity (Wildman–Crippen MR) is 104 cm³/mol. The van der Waals surface area contributed by atoms with Gasteiger partial charge in [-0.2, -0.15) is 0 Å². The van der Waals surface area contributed by atoms with Crippen LogP contribution in [-0.4, -0.2) is 31.5 Å². The Morgan fingerprint density at radius 1 is 1.26 bits per heavy atom. The lowest BCUT2D eigenvalue weighted by Gasteiger charge is -2.18. The molecule has 1 aromatic heterocycles. The summed E-state index contributed by atoms with van der Waals surface area (Å²) >= 11 is 0. The summed E-state index contributed by atoms with van der Waals surface area (Å²) in [6, 6.07) is 3.94. The van der Waals surface area contributed by atoms with Gasteiger partial charge in [-0.15, -0.1) is 24.0 Å². The molecular weight excluding hydrogens is 407 g/mol. The van der Waals surface area contributed by atoms with Gasteiger partial charge in [0.05, 0.1) is 19.4 Å². The minimum absolute atomic E-state index is 0. The van der Waals surface area contributed by atoms with E-state index in [1.54, 1.807) is 19.4 Å². The van der Waals surface area contributed by atoms with E-state index in [9.17, 15) is 4.79 Å². The van der Waals surface area contributed by atoms with Gasteiger partial charge in [0.25, 0.3) is 0 Å². The van der Waals surface area contributed by atoms with Crippen LogP contribution in [-0.2, 0) is 11.3 Å². The van der Waals surface area contributed by atoms with Crippen molar-refractivity contribution in [1.29, 1.82) is 0 Å². The third-order valence-electron chi connectivity index (χ3n) is 3.24. The second-order valence-electron chi connectivity index (χ2n) is 5.80. The normalized spacial score (nSPS) is 12.5. The summed E-state index contributed by atoms with van der Waals surface area (Å²) in [7, 11) is 1.70. The van der Waals surface area contributed by atoms with Crippen LogP contribution in [0.1, 0.15) is 39.4 Å². The summed E-state index contributed by atoms with van der Waals surface area (Å²) in [5, 5.41) is 9.08. The molecule has 1 unspecified atom stereocenters. The maximum absolute atomic E-state index is 11.8. The molecule has 6 nitrogen and oxygen atoms in total. The molecule has 0 saturated carbocycles. The largest absolute Gasteiger partial charge is 0.467 e. The van der Waals surface area contributed by atoms with Crippen molar-refractivity contribution in [3.05, 3.63) is 24.2 Å². The molecule has 0 aromatic carbocycles. The van der Waals surface area contributed by atoms with Crippen molar-refractivity contribution in [3.8, 4) is 0 Å². The van der Waals surface area contributed by atoms with Crippen LogP contribution >= 0.6 is 24.0 Å². The average Bonchev–Trinajstić information content (AvgIpc) is 3.00. The monoisotopic (exact) mass is 436 g/mol. The zero-order valence-corrected chi connectivity index (χ0v) is 16.7. The van der Waals surface area contributed by atoms with E-state index >= 15 is 0 Å². The fraction of sp³-hybridized carbons (Fsp3) is 0.625. The van der Waals surface area contributed by atoms with E-state index in [0.717, 1.165) is 18.6 Å². The highest BCUT2D eigenvalue weighted by Gasteiger charge is 2.08. The second-order valence-corrected chi connectivity index (χ2v) is 5.80. The van der Waals surface area contributed by atoms with Crippen molar-refractivity contribution in [2.24, 2.45) is 10.9 Å². The molecule has 0 saturated heterocycles. The van der Waals surface area contributed by atoms with Gasteiger partial charge in [-0.3, -0.25) is 9.79 Å². The first-order valence-corrected chi connectivity index (χ1v) is 7.77. The molecule has 0 aliphatic carbocycles. The van der Waals surface area contributed by atoms with E-state index in [2.05, 4.69) is 41.7 Å². The van der Waals surface area contributed by atoms with E-state index < -0.39 is 0 Å². The molecule has 0 bridgehead atoms. The summed E-state index contributed by atoms with van der Waals surface area (Å²) in [4.78, 5) is 15.9. The smallest absolute Gasteiger partial charge is 0.239 e. The molecule has 23 heavy (non-hydrogen) atoms. The van der Waals surface area contributed by atoms with Gasteiger partial charge < -0.3 is 20.4 Å². The Bertz CT molecular complexity index is 461. The molecule has 0 radical (unpaired) electrons. The van der Waals surface area contributed by atoms with Gasteiger partial charge in [0.15, 0.2) is 5.96 Å². The number of carbonyl (C=O) groups is 1. The molecule has 1 heterocycles. The van der Waals surface area contributed by atoms with Gasteiger partial charge in [0.1, 0.15) is 5.76 Å². The lowest BCUT2D eigenvalue weighted by Crippen LogP contribution is -2.46. The van der Waals surface area contributed by atoms with E-state index in [-0.39, 0.29) is 36.4 Å². The van der Waals surface area contributed by atoms with Gasteiger partial charge in [0.2, 0.25) is 5.91 Å². The van der Waals surface area contributed by atoms with Crippen molar-refractivity contribution in [2.45, 2.75) is 46.2 Å². The molecule has 0 aliphatic heterocycles. The lowest BCUT2D eigenvalue weighted by molar-refractivity contribution is -0.120. The van der Waals surface area contributed by atoms with Crippen molar-refractivity contribution in [2.75, 3.05) is 13.6 Å². The molecule has 3 N–H and O–H groups in total. The maximum atomic E-state index is 11.8. The number of hydrogen-bond acceptors (Lipinski definition) is 3. The highest BCUT2D eigenvalue weighted by molar-refractivity contribution is 14.0. The van der Waals surface area contributed by atoms with Crippen LogP contribution in [0, 0.1) is 5.92 Å². The van der Waals surface area contributed by atoms with Gasteiger partial charge in [-0.1, -0.05) is 13.8 Å². The summed E-state index contributed by atoms with van der Waals surface area (Å²) in [5.74, 6) is 1.96. The SMILES string of the molecule is CN=C(NCC(=O)NCc1ccco1)NC(C)CCC(C)C.I. The summed E-state index contributed by atoms with van der Waals surface area (Å²) < 4.78 is 5.16. The summed E-state index contributed by atoms with van der Waals surface area (Å²) in [6.45, 7) is 7.11. The maximum Gasteiger partial charge on any atom is 0.239 e. The molecule has 1 amide bonds. The number of amides is 1. The molecular formula is C16H29IN4O2. The third kappa shape index (κ3) is 10.2. The van der Waals surface area contributed by atoms with Crippen molar-refractivity contribution >= 4 is 35.8 Å². The fourth-order valence-electron chi connectivity index (χ4n) is 1.91. The minimum atomic E-state index is -0.103. The van der Waals surface area contributed by atoms with Crippen LogP contribution in [0.2, 0.25) is 0 Å². The Labute approximate surface area is 155 Å².